The van der Waals surface area contributed by atoms with E-state index in [2.05, 4.69) is 36.5 Å². The van der Waals surface area contributed by atoms with E-state index in [4.69, 9.17) is 0 Å². The first-order valence-corrected chi connectivity index (χ1v) is 9.38. The van der Waals surface area contributed by atoms with Gasteiger partial charge in [0.2, 0.25) is 5.91 Å². The Kier molecular flexibility index (Phi) is 17.1. The van der Waals surface area contributed by atoms with E-state index in [1.165, 1.54) is 57.8 Å². The monoisotopic (exact) mass is 307 g/mol. The summed E-state index contributed by atoms with van der Waals surface area (Å²) >= 11 is 0. The highest BCUT2D eigenvalue weighted by Gasteiger charge is 1.98. The molecule has 0 aromatic heterocycles. The highest BCUT2D eigenvalue weighted by Crippen LogP contribution is 2.08. The third-order valence-corrected chi connectivity index (χ3v) is 3.73. The molecule has 0 heterocycles. The normalized spacial score (nSPS) is 11.5. The molecule has 0 saturated heterocycles. The fraction of sp³-hybridized carbons (Fsp3) is 0.750. The Labute approximate surface area is 138 Å². The lowest BCUT2D eigenvalue weighted by molar-refractivity contribution is -0.121. The Morgan fingerprint density at radius 2 is 1.36 bits per heavy atom. The summed E-state index contributed by atoms with van der Waals surface area (Å²) in [6.45, 7) is 4.96. The number of carbonyl (C=O) groups excluding carboxylic acids is 1. The van der Waals surface area contributed by atoms with Gasteiger partial charge in [0.25, 0.3) is 0 Å². The van der Waals surface area contributed by atoms with Crippen LogP contribution in [0.3, 0.4) is 0 Å². The molecule has 1 amide bonds. The first-order chi connectivity index (χ1) is 10.8. The van der Waals surface area contributed by atoms with Crippen molar-refractivity contribution in [3.8, 4) is 0 Å². The van der Waals surface area contributed by atoms with Gasteiger partial charge in [-0.05, 0) is 45.4 Å². The van der Waals surface area contributed by atoms with Crippen molar-refractivity contribution in [2.24, 2.45) is 0 Å². The Balaban J connectivity index is 3.22. The highest BCUT2D eigenvalue weighted by atomic mass is 16.1. The second-order valence-corrected chi connectivity index (χ2v) is 5.93. The molecule has 0 aliphatic heterocycles. The lowest BCUT2D eigenvalue weighted by Gasteiger charge is -2.02. The van der Waals surface area contributed by atoms with Crippen molar-refractivity contribution in [3.63, 3.8) is 0 Å². The maximum Gasteiger partial charge on any atom is 0.219 e. The summed E-state index contributed by atoms with van der Waals surface area (Å²) in [5, 5.41) is 2.84. The number of unbranched alkanes of at least 4 members (excludes halogenated alkanes) is 8. The third kappa shape index (κ3) is 17.0. The van der Waals surface area contributed by atoms with Crippen molar-refractivity contribution in [1.29, 1.82) is 0 Å². The number of carbonyl (C=O) groups is 1. The van der Waals surface area contributed by atoms with Crippen LogP contribution in [0.1, 0.15) is 90.9 Å². The number of allylic oxidation sites excluding steroid dienone is 4. The molecule has 0 aromatic carbocycles. The zero-order valence-corrected chi connectivity index (χ0v) is 14.9. The van der Waals surface area contributed by atoms with Gasteiger partial charge in [-0.2, -0.15) is 0 Å². The predicted molar refractivity (Wildman–Crippen MR) is 98.0 cm³/mol. The molecule has 0 saturated carbocycles. The molecule has 0 aliphatic rings. The molecule has 0 atom stereocenters. The minimum Gasteiger partial charge on any atom is -0.356 e. The Bertz CT molecular complexity index is 294. The average Bonchev–Trinajstić information content (AvgIpc) is 2.51. The molecule has 0 rings (SSSR count). The van der Waals surface area contributed by atoms with Gasteiger partial charge < -0.3 is 5.32 Å². The van der Waals surface area contributed by atoms with Crippen LogP contribution in [-0.4, -0.2) is 12.5 Å². The fourth-order valence-corrected chi connectivity index (χ4v) is 2.38. The van der Waals surface area contributed by atoms with Gasteiger partial charge in [0.15, 0.2) is 0 Å². The second kappa shape index (κ2) is 18.0. The number of hydrogen-bond acceptors (Lipinski definition) is 1. The van der Waals surface area contributed by atoms with Gasteiger partial charge in [-0.25, -0.2) is 0 Å². The van der Waals surface area contributed by atoms with Crippen LogP contribution in [0.5, 0.6) is 0 Å². The molecule has 1 N–H and O–H groups in total. The van der Waals surface area contributed by atoms with Crippen LogP contribution in [0.4, 0.5) is 0 Å². The van der Waals surface area contributed by atoms with E-state index in [1.54, 1.807) is 0 Å². The summed E-state index contributed by atoms with van der Waals surface area (Å²) in [6.07, 6.45) is 23.4. The summed E-state index contributed by atoms with van der Waals surface area (Å²) in [6, 6.07) is 0. The van der Waals surface area contributed by atoms with Crippen LogP contribution >= 0.6 is 0 Å². The largest absolute Gasteiger partial charge is 0.356 e. The van der Waals surface area contributed by atoms with E-state index in [-0.39, 0.29) is 5.91 Å². The average molecular weight is 308 g/mol. The SMILES string of the molecule is CCCCCC=CCC=CCCCCCCCC(=O)NCC. The van der Waals surface area contributed by atoms with E-state index < -0.39 is 0 Å². The third-order valence-electron chi connectivity index (χ3n) is 3.73. The molecular formula is C20H37NO. The van der Waals surface area contributed by atoms with Crippen LogP contribution < -0.4 is 5.32 Å². The van der Waals surface area contributed by atoms with E-state index >= 15 is 0 Å². The molecule has 0 aliphatic carbocycles. The fourth-order valence-electron chi connectivity index (χ4n) is 2.38. The minimum absolute atomic E-state index is 0.202. The van der Waals surface area contributed by atoms with E-state index in [9.17, 15) is 4.79 Å². The van der Waals surface area contributed by atoms with Gasteiger partial charge in [-0.1, -0.05) is 63.3 Å². The molecular weight excluding hydrogens is 270 g/mol. The summed E-state index contributed by atoms with van der Waals surface area (Å²) in [5.74, 6) is 0.202. The van der Waals surface area contributed by atoms with Crippen molar-refractivity contribution in [1.82, 2.24) is 5.32 Å². The second-order valence-electron chi connectivity index (χ2n) is 5.93. The van der Waals surface area contributed by atoms with Gasteiger partial charge in [-0.3, -0.25) is 4.79 Å². The topological polar surface area (TPSA) is 29.1 Å². The van der Waals surface area contributed by atoms with Crippen molar-refractivity contribution >= 4 is 5.91 Å². The number of nitrogens with one attached hydrogen (secondary N) is 1. The standard InChI is InChI=1S/C20H37NO/c1-3-5-6-7-8-9-10-11-12-13-14-15-16-17-18-19-20(22)21-4-2/h8-9,11-12H,3-7,10,13-19H2,1-2H3,(H,21,22). The smallest absolute Gasteiger partial charge is 0.219 e. The van der Waals surface area contributed by atoms with E-state index in [0.717, 1.165) is 19.4 Å². The first-order valence-electron chi connectivity index (χ1n) is 9.38. The zero-order chi connectivity index (χ0) is 16.3. The van der Waals surface area contributed by atoms with Crippen LogP contribution in [0.2, 0.25) is 0 Å². The molecule has 0 fully saturated rings. The van der Waals surface area contributed by atoms with Crippen molar-refractivity contribution in [2.45, 2.75) is 90.9 Å². The van der Waals surface area contributed by atoms with Gasteiger partial charge >= 0.3 is 0 Å². The predicted octanol–water partition coefficient (Wildman–Crippen LogP) is 5.94. The lowest BCUT2D eigenvalue weighted by atomic mass is 10.1. The summed E-state index contributed by atoms with van der Waals surface area (Å²) in [4.78, 5) is 11.3. The summed E-state index contributed by atoms with van der Waals surface area (Å²) in [5.41, 5.74) is 0. The summed E-state index contributed by atoms with van der Waals surface area (Å²) < 4.78 is 0. The summed E-state index contributed by atoms with van der Waals surface area (Å²) in [7, 11) is 0. The molecule has 2 nitrogen and oxygen atoms in total. The molecule has 0 aromatic rings. The molecule has 22 heavy (non-hydrogen) atoms. The molecule has 0 radical (unpaired) electrons. The van der Waals surface area contributed by atoms with E-state index in [1.807, 2.05) is 6.92 Å². The van der Waals surface area contributed by atoms with Crippen LogP contribution in [0.25, 0.3) is 0 Å². The van der Waals surface area contributed by atoms with Crippen LogP contribution in [0, 0.1) is 0 Å². The number of amides is 1. The maximum atomic E-state index is 11.3. The quantitative estimate of drug-likeness (QED) is 0.294. The first kappa shape index (κ1) is 20.9. The minimum atomic E-state index is 0.202. The number of rotatable bonds is 15. The van der Waals surface area contributed by atoms with E-state index in [0.29, 0.717) is 6.42 Å². The number of hydrogen-bond donors (Lipinski definition) is 1. The Morgan fingerprint density at radius 1 is 0.773 bits per heavy atom. The molecule has 2 heteroatoms. The van der Waals surface area contributed by atoms with Crippen LogP contribution in [0.15, 0.2) is 24.3 Å². The zero-order valence-electron chi connectivity index (χ0n) is 14.9. The van der Waals surface area contributed by atoms with Gasteiger partial charge in [-0.15, -0.1) is 0 Å². The molecule has 0 spiro atoms. The Hall–Kier alpha value is -1.05. The van der Waals surface area contributed by atoms with Crippen molar-refractivity contribution < 1.29 is 4.79 Å². The lowest BCUT2D eigenvalue weighted by Crippen LogP contribution is -2.21. The molecule has 0 unspecified atom stereocenters. The molecule has 128 valence electrons. The van der Waals surface area contributed by atoms with Crippen molar-refractivity contribution in [2.75, 3.05) is 6.54 Å². The molecule has 0 bridgehead atoms. The van der Waals surface area contributed by atoms with Gasteiger partial charge in [0, 0.05) is 13.0 Å². The maximum absolute atomic E-state index is 11.3. The van der Waals surface area contributed by atoms with Gasteiger partial charge in [0.1, 0.15) is 0 Å². The van der Waals surface area contributed by atoms with Gasteiger partial charge in [0.05, 0.1) is 0 Å². The van der Waals surface area contributed by atoms with Crippen LogP contribution in [-0.2, 0) is 4.79 Å². The van der Waals surface area contributed by atoms with Crippen molar-refractivity contribution in [3.05, 3.63) is 24.3 Å². The highest BCUT2D eigenvalue weighted by molar-refractivity contribution is 5.75. The Morgan fingerprint density at radius 3 is 2.00 bits per heavy atom.